The number of aryl methyl sites for hydroxylation is 1. The second-order valence-electron chi connectivity index (χ2n) is 5.52. The van der Waals surface area contributed by atoms with Crippen molar-refractivity contribution >= 4 is 0 Å². The SMILES string of the molecule is COc1ccc(CC2CNCc3ccccc32)c(C)c1. The van der Waals surface area contributed by atoms with Crippen molar-refractivity contribution in [2.75, 3.05) is 13.7 Å². The van der Waals surface area contributed by atoms with Crippen molar-refractivity contribution < 1.29 is 4.74 Å². The third-order valence-electron chi connectivity index (χ3n) is 4.22. The molecule has 20 heavy (non-hydrogen) atoms. The smallest absolute Gasteiger partial charge is 0.119 e. The first-order valence-corrected chi connectivity index (χ1v) is 7.20. The van der Waals surface area contributed by atoms with Crippen LogP contribution in [0, 0.1) is 6.92 Å². The molecular formula is C18H21NO. The standard InChI is InChI=1S/C18H21NO/c1-13-9-17(20-2)8-7-14(13)10-16-12-19-11-15-5-3-4-6-18(15)16/h3-9,16,19H,10-12H2,1-2H3. The molecule has 0 aromatic heterocycles. The Morgan fingerprint density at radius 2 is 2.05 bits per heavy atom. The summed E-state index contributed by atoms with van der Waals surface area (Å²) in [5.74, 6) is 1.50. The predicted molar refractivity (Wildman–Crippen MR) is 82.3 cm³/mol. The summed E-state index contributed by atoms with van der Waals surface area (Å²) in [5, 5.41) is 3.53. The van der Waals surface area contributed by atoms with Crippen LogP contribution in [0.3, 0.4) is 0 Å². The molecule has 2 nitrogen and oxygen atoms in total. The molecule has 1 aliphatic heterocycles. The first kappa shape index (κ1) is 13.2. The molecule has 2 aromatic carbocycles. The minimum atomic E-state index is 0.562. The number of hydrogen-bond acceptors (Lipinski definition) is 2. The minimum Gasteiger partial charge on any atom is -0.497 e. The number of nitrogens with one attached hydrogen (secondary N) is 1. The van der Waals surface area contributed by atoms with E-state index >= 15 is 0 Å². The number of ether oxygens (including phenoxy) is 1. The lowest BCUT2D eigenvalue weighted by molar-refractivity contribution is 0.414. The monoisotopic (exact) mass is 267 g/mol. The van der Waals surface area contributed by atoms with Gasteiger partial charge in [-0.2, -0.15) is 0 Å². The van der Waals surface area contributed by atoms with Gasteiger partial charge in [-0.25, -0.2) is 0 Å². The van der Waals surface area contributed by atoms with E-state index in [1.54, 1.807) is 7.11 Å². The van der Waals surface area contributed by atoms with Crippen molar-refractivity contribution in [3.8, 4) is 5.75 Å². The largest absolute Gasteiger partial charge is 0.497 e. The number of methoxy groups -OCH3 is 1. The molecule has 1 atom stereocenters. The van der Waals surface area contributed by atoms with E-state index in [2.05, 4.69) is 54.7 Å². The van der Waals surface area contributed by atoms with Gasteiger partial charge < -0.3 is 10.1 Å². The summed E-state index contributed by atoms with van der Waals surface area (Å²) < 4.78 is 5.28. The Balaban J connectivity index is 1.85. The molecule has 2 aromatic rings. The van der Waals surface area contributed by atoms with Crippen molar-refractivity contribution in [3.63, 3.8) is 0 Å². The van der Waals surface area contributed by atoms with E-state index in [0.29, 0.717) is 5.92 Å². The highest BCUT2D eigenvalue weighted by atomic mass is 16.5. The highest BCUT2D eigenvalue weighted by Gasteiger charge is 2.20. The molecule has 0 fully saturated rings. The molecule has 0 saturated heterocycles. The van der Waals surface area contributed by atoms with E-state index in [-0.39, 0.29) is 0 Å². The van der Waals surface area contributed by atoms with Crippen LogP contribution in [0.2, 0.25) is 0 Å². The van der Waals surface area contributed by atoms with Crippen LogP contribution in [-0.4, -0.2) is 13.7 Å². The van der Waals surface area contributed by atoms with Crippen LogP contribution in [0.5, 0.6) is 5.75 Å². The van der Waals surface area contributed by atoms with Gasteiger partial charge >= 0.3 is 0 Å². The lowest BCUT2D eigenvalue weighted by atomic mass is 9.85. The van der Waals surface area contributed by atoms with E-state index in [1.807, 2.05) is 0 Å². The maximum atomic E-state index is 5.28. The summed E-state index contributed by atoms with van der Waals surface area (Å²) in [6.45, 7) is 4.22. The van der Waals surface area contributed by atoms with Crippen LogP contribution in [-0.2, 0) is 13.0 Å². The summed E-state index contributed by atoms with van der Waals surface area (Å²) in [4.78, 5) is 0. The van der Waals surface area contributed by atoms with Crippen LogP contribution in [0.4, 0.5) is 0 Å². The number of rotatable bonds is 3. The van der Waals surface area contributed by atoms with Crippen LogP contribution >= 0.6 is 0 Å². The average molecular weight is 267 g/mol. The summed E-state index contributed by atoms with van der Waals surface area (Å²) >= 11 is 0. The summed E-state index contributed by atoms with van der Waals surface area (Å²) in [7, 11) is 1.72. The van der Waals surface area contributed by atoms with Crippen molar-refractivity contribution in [1.29, 1.82) is 0 Å². The zero-order valence-corrected chi connectivity index (χ0v) is 12.1. The molecule has 2 heteroatoms. The van der Waals surface area contributed by atoms with Crippen LogP contribution < -0.4 is 10.1 Å². The van der Waals surface area contributed by atoms with Gasteiger partial charge in [-0.15, -0.1) is 0 Å². The van der Waals surface area contributed by atoms with Crippen molar-refractivity contribution in [2.24, 2.45) is 0 Å². The molecule has 0 spiro atoms. The molecule has 1 N–H and O–H groups in total. The van der Waals surface area contributed by atoms with Gasteiger partial charge in [-0.3, -0.25) is 0 Å². The molecule has 0 aliphatic carbocycles. The molecule has 3 rings (SSSR count). The van der Waals surface area contributed by atoms with Gasteiger partial charge in [-0.05, 0) is 47.7 Å². The highest BCUT2D eigenvalue weighted by molar-refractivity contribution is 5.38. The number of fused-ring (bicyclic) bond motifs is 1. The van der Waals surface area contributed by atoms with Crippen molar-refractivity contribution in [3.05, 3.63) is 64.7 Å². The van der Waals surface area contributed by atoms with Crippen molar-refractivity contribution in [1.82, 2.24) is 5.32 Å². The Labute approximate surface area is 120 Å². The van der Waals surface area contributed by atoms with E-state index in [4.69, 9.17) is 4.74 Å². The Bertz CT molecular complexity index is 606. The molecule has 0 saturated carbocycles. The molecule has 0 amide bonds. The Morgan fingerprint density at radius 1 is 1.20 bits per heavy atom. The zero-order chi connectivity index (χ0) is 13.9. The molecule has 1 unspecified atom stereocenters. The minimum absolute atomic E-state index is 0.562. The second-order valence-corrected chi connectivity index (χ2v) is 5.52. The van der Waals surface area contributed by atoms with Crippen LogP contribution in [0.15, 0.2) is 42.5 Å². The summed E-state index contributed by atoms with van der Waals surface area (Å²) in [6.07, 6.45) is 1.08. The fourth-order valence-corrected chi connectivity index (χ4v) is 3.06. The van der Waals surface area contributed by atoms with Gasteiger partial charge in [0.2, 0.25) is 0 Å². The first-order chi connectivity index (χ1) is 9.78. The highest BCUT2D eigenvalue weighted by Crippen LogP contribution is 2.29. The topological polar surface area (TPSA) is 21.3 Å². The number of benzene rings is 2. The molecule has 104 valence electrons. The van der Waals surface area contributed by atoms with Crippen molar-refractivity contribution in [2.45, 2.75) is 25.8 Å². The maximum absolute atomic E-state index is 5.28. The Morgan fingerprint density at radius 3 is 2.85 bits per heavy atom. The fraction of sp³-hybridized carbons (Fsp3) is 0.333. The molecule has 1 aliphatic rings. The fourth-order valence-electron chi connectivity index (χ4n) is 3.06. The lowest BCUT2D eigenvalue weighted by Gasteiger charge is -2.27. The predicted octanol–water partition coefficient (Wildman–Crippen LogP) is 3.43. The zero-order valence-electron chi connectivity index (χ0n) is 12.1. The molecular weight excluding hydrogens is 246 g/mol. The second kappa shape index (κ2) is 5.68. The molecule has 1 heterocycles. The summed E-state index contributed by atoms with van der Waals surface area (Å²) in [5.41, 5.74) is 5.66. The van der Waals surface area contributed by atoms with E-state index in [9.17, 15) is 0 Å². The third kappa shape index (κ3) is 2.56. The lowest BCUT2D eigenvalue weighted by Crippen LogP contribution is -2.29. The van der Waals surface area contributed by atoms with E-state index in [0.717, 1.165) is 25.3 Å². The van der Waals surface area contributed by atoms with Gasteiger partial charge in [0.1, 0.15) is 5.75 Å². The quantitative estimate of drug-likeness (QED) is 0.920. The summed E-state index contributed by atoms with van der Waals surface area (Å²) in [6, 6.07) is 15.2. The van der Waals surface area contributed by atoms with Gasteiger partial charge in [0.15, 0.2) is 0 Å². The van der Waals surface area contributed by atoms with E-state index < -0.39 is 0 Å². The normalized spacial score (nSPS) is 17.6. The molecule has 0 radical (unpaired) electrons. The maximum Gasteiger partial charge on any atom is 0.119 e. The van der Waals surface area contributed by atoms with Gasteiger partial charge in [0.05, 0.1) is 7.11 Å². The van der Waals surface area contributed by atoms with Gasteiger partial charge in [-0.1, -0.05) is 30.3 Å². The Kier molecular flexibility index (Phi) is 3.75. The first-order valence-electron chi connectivity index (χ1n) is 7.20. The Hall–Kier alpha value is -1.80. The van der Waals surface area contributed by atoms with Crippen LogP contribution in [0.25, 0.3) is 0 Å². The number of hydrogen-bond donors (Lipinski definition) is 1. The molecule has 0 bridgehead atoms. The van der Waals surface area contributed by atoms with Crippen LogP contribution in [0.1, 0.15) is 28.2 Å². The van der Waals surface area contributed by atoms with Gasteiger partial charge in [0.25, 0.3) is 0 Å². The third-order valence-corrected chi connectivity index (χ3v) is 4.22. The average Bonchev–Trinajstić information content (AvgIpc) is 2.49. The van der Waals surface area contributed by atoms with Gasteiger partial charge in [0, 0.05) is 19.0 Å². The van der Waals surface area contributed by atoms with E-state index in [1.165, 1.54) is 22.3 Å².